The summed E-state index contributed by atoms with van der Waals surface area (Å²) in [6.45, 7) is 4.58. The van der Waals surface area contributed by atoms with Crippen LogP contribution < -0.4 is 0 Å². The second kappa shape index (κ2) is 6.77. The minimum absolute atomic E-state index is 0.411. The highest BCUT2D eigenvalue weighted by Gasteiger charge is 1.87. The molecule has 0 rings (SSSR count). The van der Waals surface area contributed by atoms with Crippen molar-refractivity contribution in [2.45, 2.75) is 35.8 Å². The van der Waals surface area contributed by atoms with Crippen molar-refractivity contribution in [3.05, 3.63) is 0 Å². The van der Waals surface area contributed by atoms with E-state index in [0.29, 0.717) is 20.4 Å². The summed E-state index contributed by atoms with van der Waals surface area (Å²) in [5.74, 6) is 0. The summed E-state index contributed by atoms with van der Waals surface area (Å²) in [6, 6.07) is 0. The van der Waals surface area contributed by atoms with Crippen LogP contribution >= 0.6 is 0 Å². The van der Waals surface area contributed by atoms with Crippen molar-refractivity contribution in [2.75, 3.05) is 0 Å². The third-order valence-corrected chi connectivity index (χ3v) is 2.91. The maximum absolute atomic E-state index is 2.31. The molecule has 0 saturated heterocycles. The summed E-state index contributed by atoms with van der Waals surface area (Å²) in [7, 11) is 0. The molecule has 0 bridgehead atoms. The lowest BCUT2D eigenvalue weighted by Gasteiger charge is -1.87. The number of rotatable bonds is 4. The highest BCUT2D eigenvalue weighted by molar-refractivity contribution is 6.35. The van der Waals surface area contributed by atoms with Gasteiger partial charge in [-0.2, -0.15) is 0 Å². The van der Waals surface area contributed by atoms with Crippen LogP contribution in [0.1, 0.15) is 26.7 Å². The fraction of sp³-hybridized carbons (Fsp3) is 1.00. The second-order valence-electron chi connectivity index (χ2n) is 2.06. The highest BCUT2D eigenvalue weighted by Crippen LogP contribution is 1.94. The van der Waals surface area contributed by atoms with Crippen molar-refractivity contribution in [3.8, 4) is 0 Å². The van der Waals surface area contributed by atoms with Crippen LogP contribution in [0.3, 0.4) is 0 Å². The van der Waals surface area contributed by atoms with E-state index < -0.39 is 0 Å². The molecule has 0 aromatic rings. The highest BCUT2D eigenvalue weighted by atomic mass is 24.5. The molecule has 0 aliphatic carbocycles. The normalized spacial score (nSPS) is 8.29. The Morgan fingerprint density at radius 1 is 1.29 bits per heavy atom. The smallest absolute Gasteiger partial charge is 0.149 e. The predicted octanol–water partition coefficient (Wildman–Crippen LogP) is 2.35. The fourth-order valence-corrected chi connectivity index (χ4v) is 2.03. The summed E-state index contributed by atoms with van der Waals surface area (Å²) in [6.07, 6.45) is 2.88. The first-order valence-corrected chi connectivity index (χ1v) is 5.41. The Bertz CT molecular complexity index is 23.4. The van der Waals surface area contributed by atoms with E-state index in [4.69, 9.17) is 0 Å². The minimum Gasteiger partial charge on any atom is -0.149 e. The van der Waals surface area contributed by atoms with E-state index in [-0.39, 0.29) is 0 Å². The van der Waals surface area contributed by atoms with E-state index in [1.807, 2.05) is 0 Å². The lowest BCUT2D eigenvalue weighted by molar-refractivity contribution is 0.877. The Morgan fingerprint density at radius 3 is 2.43 bits per heavy atom. The van der Waals surface area contributed by atoms with Crippen molar-refractivity contribution in [1.82, 2.24) is 0 Å². The molecule has 0 aliphatic rings. The van der Waals surface area contributed by atoms with Crippen molar-refractivity contribution >= 4 is 20.4 Å². The minimum atomic E-state index is 0.411. The maximum Gasteiger partial charge on any atom is 0.363 e. The molecular formula is C6H14Mg. The van der Waals surface area contributed by atoms with Gasteiger partial charge in [0.2, 0.25) is 0 Å². The Labute approximate surface area is 56.4 Å². The first-order valence-electron chi connectivity index (χ1n) is 3.41. The van der Waals surface area contributed by atoms with Crippen molar-refractivity contribution in [3.63, 3.8) is 0 Å². The average Bonchev–Trinajstić information content (AvgIpc) is 1.69. The summed E-state index contributed by atoms with van der Waals surface area (Å²) in [5.41, 5.74) is 0. The van der Waals surface area contributed by atoms with Crippen LogP contribution in [0.15, 0.2) is 0 Å². The van der Waals surface area contributed by atoms with Crippen LogP contribution in [0.25, 0.3) is 0 Å². The average molecular weight is 110 g/mol. The number of hydrogen-bond donors (Lipinski definition) is 0. The SMILES string of the molecule is CCC[CH2][Mg][CH2]C. The topological polar surface area (TPSA) is 0 Å². The van der Waals surface area contributed by atoms with E-state index in [2.05, 4.69) is 13.8 Å². The molecule has 0 fully saturated rings. The van der Waals surface area contributed by atoms with Gasteiger partial charge in [-0.05, 0) is 0 Å². The molecule has 0 aromatic heterocycles. The zero-order chi connectivity index (χ0) is 5.54. The molecule has 0 aliphatic heterocycles. The van der Waals surface area contributed by atoms with Gasteiger partial charge in [0.05, 0.1) is 0 Å². The van der Waals surface area contributed by atoms with Gasteiger partial charge in [-0.1, -0.05) is 26.7 Å². The van der Waals surface area contributed by atoms with Gasteiger partial charge < -0.3 is 0 Å². The van der Waals surface area contributed by atoms with E-state index in [1.54, 1.807) is 4.55 Å². The predicted molar refractivity (Wildman–Crippen MR) is 35.9 cm³/mol. The van der Waals surface area contributed by atoms with Crippen LogP contribution in [-0.4, -0.2) is 20.4 Å². The maximum atomic E-state index is 2.31. The van der Waals surface area contributed by atoms with Gasteiger partial charge in [-0.15, -0.1) is 9.10 Å². The molecule has 0 unspecified atom stereocenters. The van der Waals surface area contributed by atoms with Crippen LogP contribution in [0, 0.1) is 0 Å². The third-order valence-electron chi connectivity index (χ3n) is 1.21. The van der Waals surface area contributed by atoms with Gasteiger partial charge in [0.1, 0.15) is 0 Å². The Hall–Kier alpha value is 0.766. The lowest BCUT2D eigenvalue weighted by atomic mass is 10.4. The van der Waals surface area contributed by atoms with Crippen LogP contribution in [0.2, 0.25) is 9.10 Å². The first kappa shape index (κ1) is 7.77. The molecule has 0 heterocycles. The van der Waals surface area contributed by atoms with Crippen molar-refractivity contribution < 1.29 is 0 Å². The summed E-state index contributed by atoms with van der Waals surface area (Å²) in [5, 5.41) is 0. The van der Waals surface area contributed by atoms with Gasteiger partial charge in [-0.3, -0.25) is 0 Å². The van der Waals surface area contributed by atoms with Gasteiger partial charge in [-0.25, -0.2) is 0 Å². The molecular weight excluding hydrogens is 96.4 g/mol. The summed E-state index contributed by atoms with van der Waals surface area (Å²) >= 11 is 0.411. The van der Waals surface area contributed by atoms with Crippen LogP contribution in [0.5, 0.6) is 0 Å². The molecule has 0 amide bonds. The van der Waals surface area contributed by atoms with E-state index in [0.717, 1.165) is 0 Å². The van der Waals surface area contributed by atoms with Gasteiger partial charge in [0.25, 0.3) is 0 Å². The zero-order valence-electron chi connectivity index (χ0n) is 5.54. The Balaban J connectivity index is 2.45. The molecule has 0 spiro atoms. The standard InChI is InChI=1S/C4H9.C2H5.Mg/c1-3-4-2;1-2;/h1,3-4H2,2H3;1H2,2H3;. The summed E-state index contributed by atoms with van der Waals surface area (Å²) < 4.78 is 3.08. The van der Waals surface area contributed by atoms with Crippen LogP contribution in [-0.2, 0) is 0 Å². The quantitative estimate of drug-likeness (QED) is 0.385. The Kier molecular flexibility index (Phi) is 7.51. The first-order chi connectivity index (χ1) is 3.41. The molecule has 1 heteroatoms. The zero-order valence-corrected chi connectivity index (χ0v) is 6.95. The van der Waals surface area contributed by atoms with Gasteiger partial charge in [0.15, 0.2) is 0 Å². The largest absolute Gasteiger partial charge is 0.363 e. The molecule has 0 nitrogen and oxygen atoms in total. The van der Waals surface area contributed by atoms with E-state index in [1.165, 1.54) is 17.4 Å². The molecule has 0 radical (unpaired) electrons. The monoisotopic (exact) mass is 110 g/mol. The third kappa shape index (κ3) is 6.77. The van der Waals surface area contributed by atoms with E-state index in [9.17, 15) is 0 Å². The molecule has 0 atom stereocenters. The molecule has 40 valence electrons. The molecule has 0 N–H and O–H groups in total. The molecule has 7 heavy (non-hydrogen) atoms. The van der Waals surface area contributed by atoms with Gasteiger partial charge in [0, 0.05) is 0 Å². The number of unbranched alkanes of at least 4 members (excludes halogenated alkanes) is 1. The van der Waals surface area contributed by atoms with Crippen molar-refractivity contribution in [1.29, 1.82) is 0 Å². The fourth-order valence-electron chi connectivity index (χ4n) is 0.677. The summed E-state index contributed by atoms with van der Waals surface area (Å²) in [4.78, 5) is 0. The van der Waals surface area contributed by atoms with Crippen LogP contribution in [0.4, 0.5) is 0 Å². The lowest BCUT2D eigenvalue weighted by Crippen LogP contribution is -1.82. The van der Waals surface area contributed by atoms with E-state index >= 15 is 0 Å². The van der Waals surface area contributed by atoms with Gasteiger partial charge >= 0.3 is 20.4 Å². The number of hydrogen-bond acceptors (Lipinski definition) is 0. The molecule has 0 saturated carbocycles. The Morgan fingerprint density at radius 2 is 2.00 bits per heavy atom. The second-order valence-corrected chi connectivity index (χ2v) is 4.47. The molecule has 0 aromatic carbocycles. The van der Waals surface area contributed by atoms with Crippen molar-refractivity contribution in [2.24, 2.45) is 0 Å².